The lowest BCUT2D eigenvalue weighted by Gasteiger charge is -2.29. The lowest BCUT2D eigenvalue weighted by Crippen LogP contribution is -2.34. The molecule has 0 aromatic heterocycles. The van der Waals surface area contributed by atoms with Crippen LogP contribution in [-0.4, -0.2) is 37.1 Å². The van der Waals surface area contributed by atoms with Gasteiger partial charge in [0.15, 0.2) is 0 Å². The minimum atomic E-state index is 0.220. The Bertz CT molecular complexity index is 453. The Morgan fingerprint density at radius 2 is 2.00 bits per heavy atom. The second kappa shape index (κ2) is 6.35. The van der Waals surface area contributed by atoms with E-state index < -0.39 is 0 Å². The molecule has 0 saturated carbocycles. The first kappa shape index (κ1) is 15.9. The molecule has 4 heteroatoms. The van der Waals surface area contributed by atoms with Gasteiger partial charge in [0, 0.05) is 24.3 Å². The predicted molar refractivity (Wildman–Crippen MR) is 87.9 cm³/mol. The number of aryl methyl sites for hydroxylation is 1. The maximum atomic E-state index is 5.64. The fraction of sp³-hybridized carbons (Fsp3) is 0.533. The lowest BCUT2D eigenvalue weighted by molar-refractivity contribution is 0.254. The van der Waals surface area contributed by atoms with E-state index in [2.05, 4.69) is 51.1 Å². The van der Waals surface area contributed by atoms with Crippen molar-refractivity contribution in [1.82, 2.24) is 4.90 Å². The van der Waals surface area contributed by atoms with E-state index in [9.17, 15) is 0 Å². The zero-order chi connectivity index (χ0) is 14.6. The molecule has 0 spiro atoms. The molecule has 0 fully saturated rings. The molecule has 1 aromatic carbocycles. The predicted octanol–water partition coefficient (Wildman–Crippen LogP) is 2.63. The molecule has 0 aliphatic rings. The summed E-state index contributed by atoms with van der Waals surface area (Å²) >= 11 is 4.99. The van der Waals surface area contributed by atoms with Crippen molar-refractivity contribution in [2.75, 3.05) is 32.5 Å². The fourth-order valence-electron chi connectivity index (χ4n) is 2.26. The van der Waals surface area contributed by atoms with Crippen LogP contribution in [0, 0.1) is 12.3 Å². The van der Waals surface area contributed by atoms with Gasteiger partial charge in [0.25, 0.3) is 0 Å². The largest absolute Gasteiger partial charge is 0.389 e. The van der Waals surface area contributed by atoms with Crippen LogP contribution >= 0.6 is 12.2 Å². The van der Waals surface area contributed by atoms with Crippen molar-refractivity contribution in [1.29, 1.82) is 0 Å². The number of nitrogens with zero attached hydrogens (tertiary/aromatic N) is 1. The summed E-state index contributed by atoms with van der Waals surface area (Å²) < 4.78 is 0. The van der Waals surface area contributed by atoms with Gasteiger partial charge in [0.05, 0.1) is 0 Å². The summed E-state index contributed by atoms with van der Waals surface area (Å²) in [5.41, 5.74) is 9.10. The molecule has 106 valence electrons. The average molecular weight is 279 g/mol. The standard InChI is InChI=1S/C15H25N3S/c1-11-8-12(14(16)19)6-7-13(11)17-9-15(2,3)10-18(4)5/h6-8,17H,9-10H2,1-5H3,(H2,16,19). The zero-order valence-electron chi connectivity index (χ0n) is 12.6. The van der Waals surface area contributed by atoms with E-state index in [1.807, 2.05) is 12.1 Å². The Labute approximate surface area is 122 Å². The molecular weight excluding hydrogens is 254 g/mol. The second-order valence-corrected chi connectivity index (χ2v) is 6.59. The van der Waals surface area contributed by atoms with Gasteiger partial charge in [-0.1, -0.05) is 26.1 Å². The molecular formula is C15H25N3S. The normalized spacial score (nSPS) is 11.7. The molecule has 0 atom stereocenters. The third kappa shape index (κ3) is 5.17. The molecule has 1 aromatic rings. The summed E-state index contributed by atoms with van der Waals surface area (Å²) in [7, 11) is 4.20. The summed E-state index contributed by atoms with van der Waals surface area (Å²) in [6, 6.07) is 6.05. The van der Waals surface area contributed by atoms with Crippen molar-refractivity contribution in [2.45, 2.75) is 20.8 Å². The first-order chi connectivity index (χ1) is 8.71. The van der Waals surface area contributed by atoms with Crippen molar-refractivity contribution in [2.24, 2.45) is 11.1 Å². The number of hydrogen-bond acceptors (Lipinski definition) is 3. The molecule has 1 rings (SSSR count). The maximum Gasteiger partial charge on any atom is 0.103 e. The first-order valence-corrected chi connectivity index (χ1v) is 6.91. The van der Waals surface area contributed by atoms with Crippen molar-refractivity contribution in [3.05, 3.63) is 29.3 Å². The Hall–Kier alpha value is -1.13. The Kier molecular flexibility index (Phi) is 5.32. The van der Waals surface area contributed by atoms with Crippen molar-refractivity contribution in [3.8, 4) is 0 Å². The van der Waals surface area contributed by atoms with E-state index in [0.29, 0.717) is 4.99 Å². The highest BCUT2D eigenvalue weighted by molar-refractivity contribution is 7.80. The van der Waals surface area contributed by atoms with Gasteiger partial charge in [-0.15, -0.1) is 0 Å². The monoisotopic (exact) mass is 279 g/mol. The maximum absolute atomic E-state index is 5.64. The SMILES string of the molecule is Cc1cc(C(N)=S)ccc1NCC(C)(C)CN(C)C. The van der Waals surface area contributed by atoms with E-state index in [1.165, 1.54) is 5.56 Å². The highest BCUT2D eigenvalue weighted by atomic mass is 32.1. The molecule has 3 N–H and O–H groups in total. The molecule has 0 amide bonds. The highest BCUT2D eigenvalue weighted by Crippen LogP contribution is 2.21. The fourth-order valence-corrected chi connectivity index (χ4v) is 2.39. The number of nitrogens with two attached hydrogens (primary N) is 1. The molecule has 19 heavy (non-hydrogen) atoms. The molecule has 3 nitrogen and oxygen atoms in total. The third-order valence-corrected chi connectivity index (χ3v) is 3.25. The minimum absolute atomic E-state index is 0.220. The van der Waals surface area contributed by atoms with E-state index in [0.717, 1.165) is 24.3 Å². The van der Waals surface area contributed by atoms with Crippen LogP contribution in [-0.2, 0) is 0 Å². The first-order valence-electron chi connectivity index (χ1n) is 6.50. The quantitative estimate of drug-likeness (QED) is 0.786. The smallest absolute Gasteiger partial charge is 0.103 e. The van der Waals surface area contributed by atoms with Crippen LogP contribution in [0.25, 0.3) is 0 Å². The van der Waals surface area contributed by atoms with Crippen molar-refractivity contribution >= 4 is 22.9 Å². The van der Waals surface area contributed by atoms with Gasteiger partial charge >= 0.3 is 0 Å². The van der Waals surface area contributed by atoms with E-state index in [1.54, 1.807) is 0 Å². The highest BCUT2D eigenvalue weighted by Gasteiger charge is 2.18. The van der Waals surface area contributed by atoms with E-state index >= 15 is 0 Å². The Morgan fingerprint density at radius 1 is 1.37 bits per heavy atom. The van der Waals surface area contributed by atoms with Crippen LogP contribution < -0.4 is 11.1 Å². The molecule has 0 aliphatic carbocycles. The van der Waals surface area contributed by atoms with Gasteiger partial charge in [-0.3, -0.25) is 0 Å². The van der Waals surface area contributed by atoms with Crippen LogP contribution in [0.3, 0.4) is 0 Å². The van der Waals surface area contributed by atoms with Gasteiger partial charge in [-0.05, 0) is 50.2 Å². The van der Waals surface area contributed by atoms with Gasteiger partial charge < -0.3 is 16.0 Å². The van der Waals surface area contributed by atoms with Crippen LogP contribution in [0.2, 0.25) is 0 Å². The van der Waals surface area contributed by atoms with Gasteiger partial charge in [0.2, 0.25) is 0 Å². The number of nitrogens with one attached hydrogen (secondary N) is 1. The molecule has 0 unspecified atom stereocenters. The van der Waals surface area contributed by atoms with Gasteiger partial charge in [0.1, 0.15) is 4.99 Å². The summed E-state index contributed by atoms with van der Waals surface area (Å²) in [5, 5.41) is 3.51. The summed E-state index contributed by atoms with van der Waals surface area (Å²) in [4.78, 5) is 2.66. The van der Waals surface area contributed by atoms with Crippen LogP contribution in [0.4, 0.5) is 5.69 Å². The van der Waals surface area contributed by atoms with E-state index in [4.69, 9.17) is 18.0 Å². The number of hydrogen-bond donors (Lipinski definition) is 2. The molecule has 0 saturated heterocycles. The molecule has 0 heterocycles. The summed E-state index contributed by atoms with van der Waals surface area (Å²) in [5.74, 6) is 0. The topological polar surface area (TPSA) is 41.3 Å². The number of rotatable bonds is 6. The number of benzene rings is 1. The molecule has 0 bridgehead atoms. The van der Waals surface area contributed by atoms with Crippen molar-refractivity contribution < 1.29 is 0 Å². The molecule has 0 radical (unpaired) electrons. The average Bonchev–Trinajstić information content (AvgIpc) is 2.25. The lowest BCUT2D eigenvalue weighted by atomic mass is 9.92. The zero-order valence-corrected chi connectivity index (χ0v) is 13.4. The molecule has 0 aliphatic heterocycles. The summed E-state index contributed by atoms with van der Waals surface area (Å²) in [6.07, 6.45) is 0. The Balaban J connectivity index is 2.71. The van der Waals surface area contributed by atoms with Crippen molar-refractivity contribution in [3.63, 3.8) is 0 Å². The number of thiocarbonyl (C=S) groups is 1. The van der Waals surface area contributed by atoms with Crippen LogP contribution in [0.1, 0.15) is 25.0 Å². The third-order valence-electron chi connectivity index (χ3n) is 3.01. The van der Waals surface area contributed by atoms with E-state index in [-0.39, 0.29) is 5.41 Å². The van der Waals surface area contributed by atoms with Gasteiger partial charge in [-0.2, -0.15) is 0 Å². The summed E-state index contributed by atoms with van der Waals surface area (Å²) in [6.45, 7) is 8.57. The Morgan fingerprint density at radius 3 is 2.47 bits per heavy atom. The number of anilines is 1. The van der Waals surface area contributed by atoms with Crippen LogP contribution in [0.5, 0.6) is 0 Å². The van der Waals surface area contributed by atoms with Crippen LogP contribution in [0.15, 0.2) is 18.2 Å². The minimum Gasteiger partial charge on any atom is -0.389 e. The second-order valence-electron chi connectivity index (χ2n) is 6.15. The van der Waals surface area contributed by atoms with Gasteiger partial charge in [-0.25, -0.2) is 0 Å².